The van der Waals surface area contributed by atoms with Crippen LogP contribution in [0.4, 0.5) is 4.79 Å². The third-order valence-corrected chi connectivity index (χ3v) is 3.34. The average molecular weight is 266 g/mol. The van der Waals surface area contributed by atoms with Gasteiger partial charge in [0.05, 0.1) is 18.2 Å². The van der Waals surface area contributed by atoms with Gasteiger partial charge in [-0.1, -0.05) is 0 Å². The minimum Gasteiger partial charge on any atom is -0.463 e. The molecule has 0 fully saturated rings. The topological polar surface area (TPSA) is 67.4 Å². The zero-order valence-electron chi connectivity index (χ0n) is 10.1. The summed E-state index contributed by atoms with van der Waals surface area (Å²) in [5.41, 5.74) is 1.88. The van der Waals surface area contributed by atoms with E-state index in [0.29, 0.717) is 17.9 Å². The minimum atomic E-state index is -0.441. The van der Waals surface area contributed by atoms with E-state index in [4.69, 9.17) is 4.74 Å². The Balaban J connectivity index is 2.38. The summed E-state index contributed by atoms with van der Waals surface area (Å²) in [6, 6.07) is 1.13. The first-order valence-corrected chi connectivity index (χ1v) is 6.55. The van der Waals surface area contributed by atoms with E-state index in [1.54, 1.807) is 13.8 Å². The van der Waals surface area contributed by atoms with E-state index in [1.807, 2.05) is 16.8 Å². The molecule has 18 heavy (non-hydrogen) atoms. The van der Waals surface area contributed by atoms with Crippen LogP contribution in [-0.4, -0.2) is 18.6 Å². The molecule has 96 valence electrons. The molecule has 0 radical (unpaired) electrons. The molecule has 0 bridgehead atoms. The second-order valence-electron chi connectivity index (χ2n) is 3.85. The van der Waals surface area contributed by atoms with E-state index < -0.39 is 12.0 Å². The van der Waals surface area contributed by atoms with Gasteiger partial charge in [-0.15, -0.1) is 0 Å². The highest BCUT2D eigenvalue weighted by Crippen LogP contribution is 2.28. The fourth-order valence-corrected chi connectivity index (χ4v) is 2.55. The lowest BCUT2D eigenvalue weighted by atomic mass is 9.98. The summed E-state index contributed by atoms with van der Waals surface area (Å²) in [4.78, 5) is 23.5. The second kappa shape index (κ2) is 5.22. The Kier molecular flexibility index (Phi) is 3.66. The van der Waals surface area contributed by atoms with Gasteiger partial charge in [-0.2, -0.15) is 11.3 Å². The molecule has 1 aliphatic heterocycles. The third kappa shape index (κ3) is 2.38. The van der Waals surface area contributed by atoms with Gasteiger partial charge in [0.2, 0.25) is 0 Å². The van der Waals surface area contributed by atoms with Crippen molar-refractivity contribution in [2.24, 2.45) is 0 Å². The van der Waals surface area contributed by atoms with Crippen LogP contribution in [-0.2, 0) is 9.53 Å². The Morgan fingerprint density at radius 2 is 2.33 bits per heavy atom. The predicted molar refractivity (Wildman–Crippen MR) is 68.1 cm³/mol. The fourth-order valence-electron chi connectivity index (χ4n) is 1.86. The van der Waals surface area contributed by atoms with Crippen molar-refractivity contribution in [1.82, 2.24) is 10.6 Å². The van der Waals surface area contributed by atoms with Crippen LogP contribution in [0.1, 0.15) is 25.5 Å². The Labute approximate surface area is 109 Å². The molecule has 0 aliphatic carbocycles. The molecule has 2 rings (SSSR count). The van der Waals surface area contributed by atoms with Crippen molar-refractivity contribution in [3.8, 4) is 0 Å². The van der Waals surface area contributed by atoms with Crippen LogP contribution in [0.25, 0.3) is 0 Å². The van der Waals surface area contributed by atoms with Crippen molar-refractivity contribution in [1.29, 1.82) is 0 Å². The molecule has 1 atom stereocenters. The summed E-state index contributed by atoms with van der Waals surface area (Å²) >= 11 is 1.52. The first-order valence-electron chi connectivity index (χ1n) is 5.61. The molecule has 2 N–H and O–H groups in total. The van der Waals surface area contributed by atoms with Gasteiger partial charge in [0.15, 0.2) is 0 Å². The summed E-state index contributed by atoms with van der Waals surface area (Å²) in [6.07, 6.45) is 0. The van der Waals surface area contributed by atoms with Crippen LogP contribution in [0.15, 0.2) is 28.1 Å². The molecule has 1 aromatic heterocycles. The van der Waals surface area contributed by atoms with Gasteiger partial charge in [0.1, 0.15) is 0 Å². The molecule has 0 saturated heterocycles. The van der Waals surface area contributed by atoms with Gasteiger partial charge in [-0.3, -0.25) is 0 Å². The van der Waals surface area contributed by atoms with Gasteiger partial charge in [0.25, 0.3) is 0 Å². The number of nitrogens with one attached hydrogen (secondary N) is 2. The number of urea groups is 1. The van der Waals surface area contributed by atoms with Crippen LogP contribution in [0.5, 0.6) is 0 Å². The highest BCUT2D eigenvalue weighted by Gasteiger charge is 2.32. The van der Waals surface area contributed by atoms with Crippen molar-refractivity contribution in [2.75, 3.05) is 6.61 Å². The number of hydrogen-bond acceptors (Lipinski definition) is 4. The molecule has 0 unspecified atom stereocenters. The first kappa shape index (κ1) is 12.6. The Morgan fingerprint density at radius 1 is 1.56 bits per heavy atom. The number of rotatable bonds is 3. The maximum Gasteiger partial charge on any atom is 0.338 e. The van der Waals surface area contributed by atoms with Crippen molar-refractivity contribution < 1.29 is 14.3 Å². The first-order chi connectivity index (χ1) is 8.63. The minimum absolute atomic E-state index is 0.305. The van der Waals surface area contributed by atoms with Crippen molar-refractivity contribution in [3.63, 3.8) is 0 Å². The fraction of sp³-hybridized carbons (Fsp3) is 0.333. The van der Waals surface area contributed by atoms with Gasteiger partial charge >= 0.3 is 12.0 Å². The van der Waals surface area contributed by atoms with Gasteiger partial charge in [0, 0.05) is 5.70 Å². The Hall–Kier alpha value is -1.82. The van der Waals surface area contributed by atoms with Crippen LogP contribution < -0.4 is 10.6 Å². The van der Waals surface area contributed by atoms with Crippen molar-refractivity contribution >= 4 is 23.3 Å². The lowest BCUT2D eigenvalue weighted by Gasteiger charge is -2.27. The second-order valence-corrected chi connectivity index (χ2v) is 4.63. The van der Waals surface area contributed by atoms with E-state index in [9.17, 15) is 9.59 Å². The Bertz CT molecular complexity index is 493. The molecule has 2 amide bonds. The third-order valence-electron chi connectivity index (χ3n) is 2.64. The smallest absolute Gasteiger partial charge is 0.338 e. The van der Waals surface area contributed by atoms with Crippen LogP contribution in [0, 0.1) is 0 Å². The molecule has 5 nitrogen and oxygen atoms in total. The zero-order valence-corrected chi connectivity index (χ0v) is 11.0. The highest BCUT2D eigenvalue weighted by atomic mass is 32.1. The summed E-state index contributed by atoms with van der Waals surface area (Å²) in [7, 11) is 0. The molecule has 2 heterocycles. The number of carbonyl (C=O) groups is 2. The van der Waals surface area contributed by atoms with E-state index >= 15 is 0 Å². The van der Waals surface area contributed by atoms with E-state index in [-0.39, 0.29) is 6.03 Å². The van der Waals surface area contributed by atoms with E-state index in [0.717, 1.165) is 5.56 Å². The molecule has 1 aliphatic rings. The van der Waals surface area contributed by atoms with E-state index in [1.165, 1.54) is 11.3 Å². The maximum atomic E-state index is 12.0. The van der Waals surface area contributed by atoms with E-state index in [2.05, 4.69) is 10.6 Å². The monoisotopic (exact) mass is 266 g/mol. The summed E-state index contributed by atoms with van der Waals surface area (Å²) < 4.78 is 5.03. The number of thiophene rings is 1. The number of allylic oxidation sites excluding steroid dienone is 1. The van der Waals surface area contributed by atoms with Crippen LogP contribution in [0.2, 0.25) is 0 Å². The molecule has 1 aromatic rings. The molecule has 0 saturated carbocycles. The highest BCUT2D eigenvalue weighted by molar-refractivity contribution is 7.08. The molecule has 6 heteroatoms. The number of amides is 2. The van der Waals surface area contributed by atoms with Crippen LogP contribution >= 0.6 is 11.3 Å². The number of esters is 1. The maximum absolute atomic E-state index is 12.0. The lowest BCUT2D eigenvalue weighted by molar-refractivity contribution is -0.139. The van der Waals surface area contributed by atoms with Gasteiger partial charge < -0.3 is 15.4 Å². The standard InChI is InChI=1S/C12H14N2O3S/c1-3-17-11(15)9-7(2)13-12(16)14-10(9)8-4-5-18-6-8/h4-6,10H,3H2,1-2H3,(H2,13,14,16)/t10-/m1/s1. The number of ether oxygens (including phenoxy) is 1. The lowest BCUT2D eigenvalue weighted by Crippen LogP contribution is -2.45. The quantitative estimate of drug-likeness (QED) is 0.822. The molecule has 0 aromatic carbocycles. The molecular formula is C12H14N2O3S. The normalized spacial score (nSPS) is 19.2. The number of hydrogen-bond donors (Lipinski definition) is 2. The summed E-state index contributed by atoms with van der Waals surface area (Å²) in [5, 5.41) is 9.14. The Morgan fingerprint density at radius 3 is 2.94 bits per heavy atom. The molecule has 0 spiro atoms. The van der Waals surface area contributed by atoms with Crippen molar-refractivity contribution in [3.05, 3.63) is 33.7 Å². The predicted octanol–water partition coefficient (Wildman–Crippen LogP) is 1.94. The van der Waals surface area contributed by atoms with Crippen molar-refractivity contribution in [2.45, 2.75) is 19.9 Å². The summed E-state index contributed by atoms with van der Waals surface area (Å²) in [5.74, 6) is -0.404. The molecular weight excluding hydrogens is 252 g/mol. The SMILES string of the molecule is CCOC(=O)C1=C(C)NC(=O)N[C@@H]1c1ccsc1. The zero-order chi connectivity index (χ0) is 13.1. The van der Waals surface area contributed by atoms with Gasteiger partial charge in [-0.05, 0) is 36.2 Å². The van der Waals surface area contributed by atoms with Crippen LogP contribution in [0.3, 0.4) is 0 Å². The largest absolute Gasteiger partial charge is 0.463 e. The average Bonchev–Trinajstić information content (AvgIpc) is 2.81. The number of carbonyl (C=O) groups excluding carboxylic acids is 2. The van der Waals surface area contributed by atoms with Gasteiger partial charge in [-0.25, -0.2) is 9.59 Å². The summed E-state index contributed by atoms with van der Waals surface area (Å²) in [6.45, 7) is 3.76.